The van der Waals surface area contributed by atoms with E-state index < -0.39 is 28.2 Å². The Morgan fingerprint density at radius 2 is 1.31 bits per heavy atom. The Morgan fingerprint density at radius 1 is 0.731 bits per heavy atom. The highest BCUT2D eigenvalue weighted by Gasteiger charge is 2.35. The summed E-state index contributed by atoms with van der Waals surface area (Å²) in [5.74, 6) is -0.429. The zero-order valence-corrected chi connectivity index (χ0v) is 39.9. The number of benzene rings is 6. The van der Waals surface area contributed by atoms with E-state index in [1.165, 1.54) is 0 Å². The van der Waals surface area contributed by atoms with Gasteiger partial charge >= 0.3 is 12.1 Å². The van der Waals surface area contributed by atoms with Crippen molar-refractivity contribution >= 4 is 55.2 Å². The van der Waals surface area contributed by atoms with Crippen LogP contribution in [0.5, 0.6) is 0 Å². The van der Waals surface area contributed by atoms with Gasteiger partial charge in [-0.05, 0) is 135 Å². The molecule has 354 valence electrons. The van der Waals surface area contributed by atoms with E-state index >= 15 is 0 Å². The smallest absolute Gasteiger partial charge is 0.401 e. The third-order valence-electron chi connectivity index (χ3n) is 12.7. The molecule has 0 spiro atoms. The summed E-state index contributed by atoms with van der Waals surface area (Å²) < 4.78 is 74.3. The van der Waals surface area contributed by atoms with Gasteiger partial charge in [0.05, 0.1) is 23.7 Å². The van der Waals surface area contributed by atoms with Gasteiger partial charge in [-0.2, -0.15) is 13.2 Å². The predicted molar refractivity (Wildman–Crippen MR) is 265 cm³/mol. The molecule has 1 aliphatic carbocycles. The molecule has 9 nitrogen and oxygen atoms in total. The minimum absolute atomic E-state index is 0.0483. The van der Waals surface area contributed by atoms with Crippen LogP contribution < -0.4 is 26.0 Å². The second kappa shape index (κ2) is 21.0. The van der Waals surface area contributed by atoms with E-state index in [9.17, 15) is 26.4 Å². The molecule has 0 aromatic heterocycles. The lowest BCUT2D eigenvalue weighted by Crippen LogP contribution is -2.42. The first kappa shape index (κ1) is 49.0. The number of rotatable bonds is 18. The summed E-state index contributed by atoms with van der Waals surface area (Å²) in [4.78, 5) is 13.4. The van der Waals surface area contributed by atoms with Crippen molar-refractivity contribution in [1.29, 1.82) is 0 Å². The van der Waals surface area contributed by atoms with Crippen LogP contribution in [0.15, 0.2) is 126 Å². The summed E-state index contributed by atoms with van der Waals surface area (Å²) in [5.41, 5.74) is 8.61. The first-order chi connectivity index (χ1) is 31.9. The standard InChI is InChI=1S/C54H62F3N5O4S/c1-7-53(5,6)52(63)66-49-16-12-11-15-47(49)62-46-30-27-44(42-13-9-10-14-43(42)46)51(38-21-25-41(26-22-38)61-48-29-18-36(4)32-50(48)67(64,65)59-8-2)37-19-23-40(24-20-37)60-45-28-17-35(3)31-39(45)33-58-34-54(55,56)57/h9-10,13-14,17-32,47,49,51,58-62H,7-8,11-12,15-16,33-34H2,1-6H3. The summed E-state index contributed by atoms with van der Waals surface area (Å²) in [6.07, 6.45) is -0.159. The van der Waals surface area contributed by atoms with Gasteiger partial charge in [-0.1, -0.05) is 98.6 Å². The lowest BCUT2D eigenvalue weighted by atomic mass is 9.82. The molecule has 0 bridgehead atoms. The predicted octanol–water partition coefficient (Wildman–Crippen LogP) is 12.8. The zero-order valence-electron chi connectivity index (χ0n) is 39.1. The number of aryl methyl sites for hydroxylation is 2. The zero-order chi connectivity index (χ0) is 47.9. The molecule has 3 atom stereocenters. The Balaban J connectivity index is 1.24. The van der Waals surface area contributed by atoms with E-state index in [2.05, 4.69) is 74.5 Å². The van der Waals surface area contributed by atoms with Gasteiger partial charge < -0.3 is 26.0 Å². The van der Waals surface area contributed by atoms with E-state index in [0.29, 0.717) is 23.5 Å². The number of anilines is 5. The molecule has 1 fully saturated rings. The van der Waals surface area contributed by atoms with Gasteiger partial charge in [0.1, 0.15) is 11.0 Å². The fourth-order valence-corrected chi connectivity index (χ4v) is 9.96. The van der Waals surface area contributed by atoms with E-state index in [-0.39, 0.29) is 42.0 Å². The van der Waals surface area contributed by atoms with Crippen molar-refractivity contribution in [3.05, 3.63) is 155 Å². The topological polar surface area (TPSA) is 121 Å². The average molecular weight is 934 g/mol. The van der Waals surface area contributed by atoms with E-state index in [1.807, 2.05) is 95.3 Å². The first-order valence-electron chi connectivity index (χ1n) is 23.1. The van der Waals surface area contributed by atoms with Gasteiger partial charge in [-0.25, -0.2) is 13.1 Å². The summed E-state index contributed by atoms with van der Waals surface area (Å²) in [5, 5.41) is 15.2. The molecule has 0 amide bonds. The van der Waals surface area contributed by atoms with E-state index in [4.69, 9.17) is 4.74 Å². The van der Waals surface area contributed by atoms with Crippen LogP contribution in [-0.4, -0.2) is 45.8 Å². The fourth-order valence-electron chi connectivity index (χ4n) is 8.68. The summed E-state index contributed by atoms with van der Waals surface area (Å²) >= 11 is 0. The van der Waals surface area contributed by atoms with Crippen molar-refractivity contribution in [3.63, 3.8) is 0 Å². The molecule has 13 heteroatoms. The Hall–Kier alpha value is -5.89. The van der Waals surface area contributed by atoms with Crippen LogP contribution in [0, 0.1) is 19.3 Å². The summed E-state index contributed by atoms with van der Waals surface area (Å²) in [6, 6.07) is 39.7. The lowest BCUT2D eigenvalue weighted by Gasteiger charge is -2.35. The number of alkyl halides is 3. The Kier molecular flexibility index (Phi) is 15.3. The maximum absolute atomic E-state index is 13.3. The molecular formula is C54H62F3N5O4S. The fraction of sp³-hybridized carbons (Fsp3) is 0.352. The largest absolute Gasteiger partial charge is 0.460 e. The number of hydrogen-bond donors (Lipinski definition) is 5. The maximum Gasteiger partial charge on any atom is 0.401 e. The molecule has 6 aromatic carbocycles. The third-order valence-corrected chi connectivity index (χ3v) is 14.3. The van der Waals surface area contributed by atoms with Gasteiger partial charge in [-0.3, -0.25) is 4.79 Å². The molecule has 7 rings (SSSR count). The second-order valence-electron chi connectivity index (χ2n) is 18.3. The van der Waals surface area contributed by atoms with Crippen LogP contribution in [0.4, 0.5) is 41.6 Å². The number of hydrogen-bond acceptors (Lipinski definition) is 8. The minimum Gasteiger partial charge on any atom is -0.460 e. The van der Waals surface area contributed by atoms with Crippen LogP contribution in [0.2, 0.25) is 0 Å². The highest BCUT2D eigenvalue weighted by molar-refractivity contribution is 7.89. The van der Waals surface area contributed by atoms with Crippen LogP contribution in [0.3, 0.4) is 0 Å². The number of esters is 1. The highest BCUT2D eigenvalue weighted by Crippen LogP contribution is 2.41. The highest BCUT2D eigenvalue weighted by atomic mass is 32.2. The van der Waals surface area contributed by atoms with Crippen molar-refractivity contribution in [3.8, 4) is 0 Å². The number of carbonyl (C=O) groups excluding carboxylic acids is 1. The molecule has 1 aliphatic rings. The van der Waals surface area contributed by atoms with Crippen molar-refractivity contribution in [2.75, 3.05) is 29.0 Å². The van der Waals surface area contributed by atoms with Gasteiger partial charge in [0.25, 0.3) is 0 Å². The molecule has 67 heavy (non-hydrogen) atoms. The molecule has 5 N–H and O–H groups in total. The SMILES string of the molecule is CCNS(=O)(=O)c1cc(C)ccc1Nc1ccc(C(c2ccc(Nc3ccc(C)cc3CNCC(F)(F)F)cc2)c2ccc(NC3CCCCC3OC(=O)C(C)(C)CC)c3ccccc23)cc1. The maximum atomic E-state index is 13.3. The second-order valence-corrected chi connectivity index (χ2v) is 20.0. The number of halogens is 3. The first-order valence-corrected chi connectivity index (χ1v) is 24.6. The van der Waals surface area contributed by atoms with E-state index in [0.717, 1.165) is 81.2 Å². The van der Waals surface area contributed by atoms with Gasteiger partial charge in [0, 0.05) is 47.1 Å². The summed E-state index contributed by atoms with van der Waals surface area (Å²) in [7, 11) is -3.75. The van der Waals surface area contributed by atoms with Crippen LogP contribution >= 0.6 is 0 Å². The van der Waals surface area contributed by atoms with Crippen molar-refractivity contribution < 1.29 is 31.1 Å². The molecule has 0 radical (unpaired) electrons. The Morgan fingerprint density at radius 3 is 1.94 bits per heavy atom. The number of ether oxygens (including phenoxy) is 1. The number of sulfonamides is 1. The lowest BCUT2D eigenvalue weighted by molar-refractivity contribution is -0.161. The molecule has 0 heterocycles. The van der Waals surface area contributed by atoms with Crippen molar-refractivity contribution in [2.45, 2.75) is 109 Å². The molecular weight excluding hydrogens is 872 g/mol. The number of carbonyl (C=O) groups is 1. The monoisotopic (exact) mass is 933 g/mol. The molecule has 6 aromatic rings. The number of nitrogens with one attached hydrogen (secondary N) is 5. The Bertz CT molecular complexity index is 2780. The minimum atomic E-state index is -4.32. The molecule has 3 unspecified atom stereocenters. The Labute approximate surface area is 393 Å². The van der Waals surface area contributed by atoms with Gasteiger partial charge in [0.15, 0.2) is 0 Å². The molecule has 1 saturated carbocycles. The van der Waals surface area contributed by atoms with Crippen LogP contribution in [0.1, 0.15) is 99.1 Å². The van der Waals surface area contributed by atoms with Crippen LogP contribution in [0.25, 0.3) is 10.8 Å². The summed E-state index contributed by atoms with van der Waals surface area (Å²) in [6.45, 7) is 10.6. The van der Waals surface area contributed by atoms with Crippen molar-refractivity contribution in [2.24, 2.45) is 5.41 Å². The quantitative estimate of drug-likeness (QED) is 0.0427. The van der Waals surface area contributed by atoms with Gasteiger partial charge in [0.2, 0.25) is 10.0 Å². The van der Waals surface area contributed by atoms with Crippen LogP contribution in [-0.2, 0) is 26.1 Å². The van der Waals surface area contributed by atoms with E-state index in [1.54, 1.807) is 19.1 Å². The number of fused-ring (bicyclic) bond motifs is 1. The van der Waals surface area contributed by atoms with Crippen molar-refractivity contribution in [1.82, 2.24) is 10.0 Å². The average Bonchev–Trinajstić information content (AvgIpc) is 3.29. The van der Waals surface area contributed by atoms with Gasteiger partial charge in [-0.15, -0.1) is 0 Å². The third kappa shape index (κ3) is 12.2. The normalized spacial score (nSPS) is 16.1. The molecule has 0 saturated heterocycles. The molecule has 0 aliphatic heterocycles.